The summed E-state index contributed by atoms with van der Waals surface area (Å²) in [5, 5.41) is 9.92. The van der Waals surface area contributed by atoms with Gasteiger partial charge in [0.2, 0.25) is 0 Å². The first-order valence-corrected chi connectivity index (χ1v) is 6.59. The first kappa shape index (κ1) is 14.0. The Bertz CT molecular complexity index is 441. The predicted octanol–water partition coefficient (Wildman–Crippen LogP) is 2.31. The van der Waals surface area contributed by atoms with Gasteiger partial charge in [0.25, 0.3) is 0 Å². The third kappa shape index (κ3) is 2.94. The van der Waals surface area contributed by atoms with Gasteiger partial charge in [-0.3, -0.25) is 4.79 Å². The van der Waals surface area contributed by atoms with Crippen molar-refractivity contribution >= 4 is 5.78 Å². The average Bonchev–Trinajstić information content (AvgIpc) is 2.44. The number of Topliss-reactive ketones (excluding diaryl/α,β-unsaturated/α-hetero) is 1. The maximum atomic E-state index is 12.4. The van der Waals surface area contributed by atoms with Crippen LogP contribution in [-0.2, 0) is 9.53 Å². The fraction of sp³-hybridized carbons (Fsp3) is 0.438. The zero-order valence-corrected chi connectivity index (χ0v) is 11.2. The van der Waals surface area contributed by atoms with Crippen LogP contribution in [0.4, 0.5) is 0 Å². The van der Waals surface area contributed by atoms with Gasteiger partial charge in [-0.1, -0.05) is 36.4 Å². The molecule has 0 heterocycles. The van der Waals surface area contributed by atoms with Crippen LogP contribution in [0.25, 0.3) is 0 Å². The molecule has 1 fully saturated rings. The second-order valence-electron chi connectivity index (χ2n) is 5.03. The Morgan fingerprint density at radius 2 is 2.05 bits per heavy atom. The molecule has 0 saturated heterocycles. The molecule has 1 N–H and O–H groups in total. The normalized spacial score (nSPS) is 28.9. The zero-order valence-electron chi connectivity index (χ0n) is 11.2. The molecule has 0 unspecified atom stereocenters. The molecular weight excluding hydrogens is 240 g/mol. The lowest BCUT2D eigenvalue weighted by atomic mass is 9.74. The molecular formula is C16H20O3. The Kier molecular flexibility index (Phi) is 4.51. The van der Waals surface area contributed by atoms with Crippen molar-refractivity contribution < 1.29 is 14.6 Å². The van der Waals surface area contributed by atoms with Crippen molar-refractivity contribution in [3.8, 4) is 0 Å². The molecule has 0 aliphatic heterocycles. The highest BCUT2D eigenvalue weighted by Crippen LogP contribution is 2.35. The third-order valence-electron chi connectivity index (χ3n) is 3.85. The van der Waals surface area contributed by atoms with E-state index in [9.17, 15) is 9.90 Å². The monoisotopic (exact) mass is 260 g/mol. The highest BCUT2D eigenvalue weighted by atomic mass is 16.5. The van der Waals surface area contributed by atoms with Gasteiger partial charge in [0.05, 0.1) is 6.10 Å². The van der Waals surface area contributed by atoms with Gasteiger partial charge in [-0.25, -0.2) is 0 Å². The molecule has 1 aliphatic rings. The summed E-state index contributed by atoms with van der Waals surface area (Å²) in [5.74, 6) is -0.253. The minimum atomic E-state index is -0.500. The van der Waals surface area contributed by atoms with E-state index in [0.29, 0.717) is 12.8 Å². The number of allylic oxidation sites excluding steroid dienone is 1. The number of aliphatic hydroxyl groups excluding tert-OH is 1. The molecule has 19 heavy (non-hydrogen) atoms. The Labute approximate surface area is 113 Å². The standard InChI is InChI=1S/C16H20O3/c1-3-13(11-7-5-4-6-8-11)14-9-12(17)10-15(19-2)16(14)18/h3-8,12-15,17H,1,9-10H2,2H3/t12-,13-,14-,15-/m1/s1. The molecule has 0 aromatic heterocycles. The number of hydrogen-bond acceptors (Lipinski definition) is 3. The van der Waals surface area contributed by atoms with Gasteiger partial charge in [0, 0.05) is 25.4 Å². The summed E-state index contributed by atoms with van der Waals surface area (Å²) in [6.45, 7) is 3.85. The van der Waals surface area contributed by atoms with Gasteiger partial charge in [-0.15, -0.1) is 6.58 Å². The van der Waals surface area contributed by atoms with Crippen molar-refractivity contribution in [3.05, 3.63) is 48.6 Å². The summed E-state index contributed by atoms with van der Waals surface area (Å²) in [6, 6.07) is 9.82. The van der Waals surface area contributed by atoms with Crippen LogP contribution in [-0.4, -0.2) is 30.2 Å². The number of hydrogen-bond donors (Lipinski definition) is 1. The first-order valence-electron chi connectivity index (χ1n) is 6.59. The summed E-state index contributed by atoms with van der Waals surface area (Å²) < 4.78 is 5.19. The van der Waals surface area contributed by atoms with E-state index in [1.807, 2.05) is 30.3 Å². The fourth-order valence-electron chi connectivity index (χ4n) is 2.85. The predicted molar refractivity (Wildman–Crippen MR) is 73.9 cm³/mol. The van der Waals surface area contributed by atoms with E-state index in [1.165, 1.54) is 7.11 Å². The van der Waals surface area contributed by atoms with Gasteiger partial charge in [-0.2, -0.15) is 0 Å². The summed E-state index contributed by atoms with van der Waals surface area (Å²) in [7, 11) is 1.52. The Morgan fingerprint density at radius 1 is 1.37 bits per heavy atom. The number of methoxy groups -OCH3 is 1. The lowest BCUT2D eigenvalue weighted by molar-refractivity contribution is -0.141. The molecule has 1 aromatic rings. The fourth-order valence-corrected chi connectivity index (χ4v) is 2.85. The molecule has 3 heteroatoms. The Morgan fingerprint density at radius 3 is 2.63 bits per heavy atom. The van der Waals surface area contributed by atoms with Gasteiger partial charge >= 0.3 is 0 Å². The lowest BCUT2D eigenvalue weighted by Gasteiger charge is -2.34. The van der Waals surface area contributed by atoms with Gasteiger partial charge in [0.1, 0.15) is 6.10 Å². The molecule has 1 aliphatic carbocycles. The highest BCUT2D eigenvalue weighted by molar-refractivity contribution is 5.87. The lowest BCUT2D eigenvalue weighted by Crippen LogP contribution is -2.42. The van der Waals surface area contributed by atoms with E-state index >= 15 is 0 Å². The first-order chi connectivity index (χ1) is 9.17. The molecule has 0 bridgehead atoms. The molecule has 0 spiro atoms. The highest BCUT2D eigenvalue weighted by Gasteiger charge is 2.39. The molecule has 0 radical (unpaired) electrons. The molecule has 0 amide bonds. The number of ether oxygens (including phenoxy) is 1. The average molecular weight is 260 g/mol. The van der Waals surface area contributed by atoms with Crippen LogP contribution in [0.1, 0.15) is 24.3 Å². The maximum absolute atomic E-state index is 12.4. The van der Waals surface area contributed by atoms with E-state index in [1.54, 1.807) is 6.08 Å². The van der Waals surface area contributed by atoms with Crippen LogP contribution in [0.2, 0.25) is 0 Å². The number of rotatable bonds is 4. The van der Waals surface area contributed by atoms with E-state index in [-0.39, 0.29) is 17.6 Å². The Balaban J connectivity index is 2.27. The summed E-state index contributed by atoms with van der Waals surface area (Å²) in [6.07, 6.45) is 1.68. The van der Waals surface area contributed by atoms with Crippen LogP contribution in [0.3, 0.4) is 0 Å². The molecule has 102 valence electrons. The van der Waals surface area contributed by atoms with Crippen molar-refractivity contribution in [2.75, 3.05) is 7.11 Å². The topological polar surface area (TPSA) is 46.5 Å². The molecule has 1 saturated carbocycles. The molecule has 3 nitrogen and oxygen atoms in total. The minimum Gasteiger partial charge on any atom is -0.393 e. The van der Waals surface area contributed by atoms with Crippen molar-refractivity contribution in [2.45, 2.75) is 31.0 Å². The Hall–Kier alpha value is -1.45. The number of benzene rings is 1. The van der Waals surface area contributed by atoms with Crippen LogP contribution < -0.4 is 0 Å². The third-order valence-corrected chi connectivity index (χ3v) is 3.85. The SMILES string of the molecule is C=C[C@H](c1ccccc1)[C@H]1C[C@@H](O)C[C@@H](OC)C1=O. The molecule has 1 aromatic carbocycles. The van der Waals surface area contributed by atoms with Crippen LogP contribution in [0, 0.1) is 5.92 Å². The zero-order chi connectivity index (χ0) is 13.8. The molecule has 2 rings (SSSR count). The van der Waals surface area contributed by atoms with Crippen LogP contribution in [0.15, 0.2) is 43.0 Å². The summed E-state index contributed by atoms with van der Waals surface area (Å²) in [4.78, 5) is 12.4. The second-order valence-corrected chi connectivity index (χ2v) is 5.03. The summed E-state index contributed by atoms with van der Waals surface area (Å²) in [5.41, 5.74) is 1.06. The van der Waals surface area contributed by atoms with E-state index in [0.717, 1.165) is 5.56 Å². The van der Waals surface area contributed by atoms with E-state index < -0.39 is 12.2 Å². The van der Waals surface area contributed by atoms with Gasteiger partial charge in [-0.05, 0) is 12.0 Å². The van der Waals surface area contributed by atoms with E-state index in [4.69, 9.17) is 4.74 Å². The van der Waals surface area contributed by atoms with Crippen molar-refractivity contribution in [1.82, 2.24) is 0 Å². The number of aliphatic hydroxyl groups is 1. The van der Waals surface area contributed by atoms with Crippen LogP contribution >= 0.6 is 0 Å². The number of carbonyl (C=O) groups is 1. The minimum absolute atomic E-state index is 0.0682. The van der Waals surface area contributed by atoms with Crippen molar-refractivity contribution in [1.29, 1.82) is 0 Å². The number of carbonyl (C=O) groups excluding carboxylic acids is 1. The summed E-state index contributed by atoms with van der Waals surface area (Å²) >= 11 is 0. The van der Waals surface area contributed by atoms with Crippen molar-refractivity contribution in [3.63, 3.8) is 0 Å². The largest absolute Gasteiger partial charge is 0.393 e. The van der Waals surface area contributed by atoms with Gasteiger partial charge < -0.3 is 9.84 Å². The van der Waals surface area contributed by atoms with Crippen molar-refractivity contribution in [2.24, 2.45) is 5.92 Å². The number of ketones is 1. The maximum Gasteiger partial charge on any atom is 0.165 e. The molecule has 4 atom stereocenters. The second kappa shape index (κ2) is 6.13. The van der Waals surface area contributed by atoms with E-state index in [2.05, 4.69) is 6.58 Å². The van der Waals surface area contributed by atoms with Gasteiger partial charge in [0.15, 0.2) is 5.78 Å². The smallest absolute Gasteiger partial charge is 0.165 e. The quantitative estimate of drug-likeness (QED) is 0.845. The van der Waals surface area contributed by atoms with Crippen LogP contribution in [0.5, 0.6) is 0 Å².